The molecule has 2 N–H and O–H groups in total. The molecule has 1 fully saturated rings. The molecular weight excluding hydrogens is 338 g/mol. The highest BCUT2D eigenvalue weighted by atomic mass is 16.4. The lowest BCUT2D eigenvalue weighted by molar-refractivity contribution is -0.121. The first-order valence-corrected chi connectivity index (χ1v) is 8.35. The van der Waals surface area contributed by atoms with Gasteiger partial charge < -0.3 is 19.1 Å². The molecule has 1 aliphatic rings. The van der Waals surface area contributed by atoms with Gasteiger partial charge in [0.1, 0.15) is 6.26 Å². The summed E-state index contributed by atoms with van der Waals surface area (Å²) in [6.07, 6.45) is 4.09. The summed E-state index contributed by atoms with van der Waals surface area (Å²) in [5, 5.41) is 2.86. The van der Waals surface area contributed by atoms with Gasteiger partial charge in [-0.25, -0.2) is 4.79 Å². The van der Waals surface area contributed by atoms with Gasteiger partial charge in [0, 0.05) is 24.7 Å². The number of benzene rings is 1. The molecule has 0 aliphatic carbocycles. The number of carbonyl (C=O) groups is 2. The van der Waals surface area contributed by atoms with Gasteiger partial charge >= 0.3 is 5.76 Å². The molecule has 1 saturated heterocycles. The molecule has 1 aromatic carbocycles. The van der Waals surface area contributed by atoms with E-state index in [1.807, 2.05) is 0 Å². The van der Waals surface area contributed by atoms with Crippen molar-refractivity contribution in [3.63, 3.8) is 0 Å². The second-order valence-corrected chi connectivity index (χ2v) is 6.29. The first-order valence-electron chi connectivity index (χ1n) is 8.35. The normalized spacial score (nSPS) is 15.3. The number of carbonyl (C=O) groups excluding carboxylic acids is 2. The Morgan fingerprint density at radius 2 is 2.00 bits per heavy atom. The van der Waals surface area contributed by atoms with Crippen LogP contribution in [0, 0.1) is 5.92 Å². The molecule has 0 radical (unpaired) electrons. The highest BCUT2D eigenvalue weighted by molar-refractivity contribution is 5.95. The molecule has 0 atom stereocenters. The lowest BCUT2D eigenvalue weighted by Gasteiger charge is -2.31. The van der Waals surface area contributed by atoms with E-state index in [2.05, 4.69) is 10.3 Å². The Labute approximate surface area is 147 Å². The SMILES string of the molecule is O=C(Nc1ccc2oc(=O)[nH]c2c1)C1CCN(C(=O)c2ccoc2)CC1. The van der Waals surface area contributed by atoms with Crippen LogP contribution in [-0.2, 0) is 4.79 Å². The van der Waals surface area contributed by atoms with Gasteiger partial charge in [0.05, 0.1) is 17.3 Å². The standard InChI is InChI=1S/C18H17N3O5/c22-16(19-13-1-2-15-14(9-13)20-18(24)26-15)11-3-6-21(7-4-11)17(23)12-5-8-25-10-12/h1-2,5,8-11H,3-4,6-7H2,(H,19,22)(H,20,24). The van der Waals surface area contributed by atoms with Crippen molar-refractivity contribution in [2.45, 2.75) is 12.8 Å². The topological polar surface area (TPSA) is 109 Å². The molecule has 26 heavy (non-hydrogen) atoms. The zero-order valence-corrected chi connectivity index (χ0v) is 13.9. The predicted octanol–water partition coefficient (Wildman–Crippen LogP) is 2.21. The number of rotatable bonds is 3. The summed E-state index contributed by atoms with van der Waals surface area (Å²) in [7, 11) is 0. The molecule has 4 rings (SSSR count). The van der Waals surface area contributed by atoms with E-state index in [1.54, 1.807) is 29.2 Å². The summed E-state index contributed by atoms with van der Waals surface area (Å²) in [5.74, 6) is -0.863. The molecule has 0 unspecified atom stereocenters. The number of nitrogens with one attached hydrogen (secondary N) is 2. The Morgan fingerprint density at radius 3 is 2.73 bits per heavy atom. The fourth-order valence-corrected chi connectivity index (χ4v) is 3.19. The monoisotopic (exact) mass is 355 g/mol. The van der Waals surface area contributed by atoms with Gasteiger partial charge in [0.15, 0.2) is 5.58 Å². The highest BCUT2D eigenvalue weighted by Crippen LogP contribution is 2.22. The number of fused-ring (bicyclic) bond motifs is 1. The quantitative estimate of drug-likeness (QED) is 0.749. The van der Waals surface area contributed by atoms with Crippen molar-refractivity contribution in [2.24, 2.45) is 5.92 Å². The van der Waals surface area contributed by atoms with Crippen LogP contribution in [0.3, 0.4) is 0 Å². The van der Waals surface area contributed by atoms with E-state index in [9.17, 15) is 14.4 Å². The first kappa shape index (κ1) is 16.2. The van der Waals surface area contributed by atoms with Crippen LogP contribution in [0.1, 0.15) is 23.2 Å². The van der Waals surface area contributed by atoms with E-state index in [0.29, 0.717) is 48.3 Å². The van der Waals surface area contributed by atoms with Crippen LogP contribution in [-0.4, -0.2) is 34.8 Å². The molecule has 2 amide bonds. The molecule has 8 heteroatoms. The van der Waals surface area contributed by atoms with Crippen LogP contribution in [0.2, 0.25) is 0 Å². The minimum atomic E-state index is -0.530. The zero-order chi connectivity index (χ0) is 18.1. The van der Waals surface area contributed by atoms with Gasteiger partial charge in [0.25, 0.3) is 5.91 Å². The third kappa shape index (κ3) is 3.13. The summed E-state index contributed by atoms with van der Waals surface area (Å²) in [6.45, 7) is 1.05. The van der Waals surface area contributed by atoms with Crippen molar-refractivity contribution >= 4 is 28.6 Å². The molecule has 0 spiro atoms. The number of hydrogen-bond acceptors (Lipinski definition) is 5. The average molecular weight is 355 g/mol. The second kappa shape index (κ2) is 6.55. The number of amides is 2. The number of nitrogens with zero attached hydrogens (tertiary/aromatic N) is 1. The average Bonchev–Trinajstić information content (AvgIpc) is 3.29. The van der Waals surface area contributed by atoms with Crippen LogP contribution in [0.4, 0.5) is 5.69 Å². The molecule has 3 heterocycles. The van der Waals surface area contributed by atoms with Crippen LogP contribution in [0.25, 0.3) is 11.1 Å². The number of anilines is 1. The lowest BCUT2D eigenvalue weighted by Crippen LogP contribution is -2.41. The summed E-state index contributed by atoms with van der Waals surface area (Å²) in [4.78, 5) is 40.3. The first-order chi connectivity index (χ1) is 12.6. The van der Waals surface area contributed by atoms with E-state index < -0.39 is 5.76 Å². The van der Waals surface area contributed by atoms with E-state index in [-0.39, 0.29) is 17.7 Å². The number of aromatic amines is 1. The van der Waals surface area contributed by atoms with Gasteiger partial charge in [-0.2, -0.15) is 0 Å². The molecule has 134 valence electrons. The van der Waals surface area contributed by atoms with Crippen molar-refractivity contribution in [3.05, 3.63) is 52.9 Å². The number of likely N-dealkylation sites (tertiary alicyclic amines) is 1. The van der Waals surface area contributed by atoms with Gasteiger partial charge in [-0.1, -0.05) is 0 Å². The van der Waals surface area contributed by atoms with E-state index >= 15 is 0 Å². The third-order valence-corrected chi connectivity index (χ3v) is 4.61. The fourth-order valence-electron chi connectivity index (χ4n) is 3.19. The van der Waals surface area contributed by atoms with Crippen molar-refractivity contribution < 1.29 is 18.4 Å². The van der Waals surface area contributed by atoms with Gasteiger partial charge in [-0.3, -0.25) is 14.6 Å². The van der Waals surface area contributed by atoms with Crippen molar-refractivity contribution in [2.75, 3.05) is 18.4 Å². The number of hydrogen-bond donors (Lipinski definition) is 2. The molecule has 1 aliphatic heterocycles. The molecule has 0 saturated carbocycles. The Hall–Kier alpha value is -3.29. The number of oxazole rings is 1. The summed E-state index contributed by atoms with van der Waals surface area (Å²) >= 11 is 0. The van der Waals surface area contributed by atoms with Crippen LogP contribution < -0.4 is 11.1 Å². The zero-order valence-electron chi connectivity index (χ0n) is 13.9. The number of piperidine rings is 1. The van der Waals surface area contributed by atoms with Gasteiger partial charge in [0.2, 0.25) is 5.91 Å². The molecular formula is C18H17N3O5. The Kier molecular flexibility index (Phi) is 4.08. The maximum absolute atomic E-state index is 12.5. The van der Waals surface area contributed by atoms with Crippen molar-refractivity contribution in [1.82, 2.24) is 9.88 Å². The van der Waals surface area contributed by atoms with E-state index in [0.717, 1.165) is 0 Å². The Morgan fingerprint density at radius 1 is 1.19 bits per heavy atom. The largest absolute Gasteiger partial charge is 0.472 e. The predicted molar refractivity (Wildman–Crippen MR) is 92.8 cm³/mol. The van der Waals surface area contributed by atoms with E-state index in [1.165, 1.54) is 12.5 Å². The lowest BCUT2D eigenvalue weighted by atomic mass is 9.95. The van der Waals surface area contributed by atoms with Crippen LogP contribution >= 0.6 is 0 Å². The van der Waals surface area contributed by atoms with Crippen molar-refractivity contribution in [3.8, 4) is 0 Å². The second-order valence-electron chi connectivity index (χ2n) is 6.29. The summed E-state index contributed by atoms with van der Waals surface area (Å²) in [5.41, 5.74) is 2.10. The molecule has 2 aromatic heterocycles. The summed E-state index contributed by atoms with van der Waals surface area (Å²) < 4.78 is 9.88. The maximum atomic E-state index is 12.5. The minimum absolute atomic E-state index is 0.0769. The summed E-state index contributed by atoms with van der Waals surface area (Å²) in [6, 6.07) is 6.62. The minimum Gasteiger partial charge on any atom is -0.472 e. The van der Waals surface area contributed by atoms with E-state index in [4.69, 9.17) is 8.83 Å². The van der Waals surface area contributed by atoms with Crippen LogP contribution in [0.5, 0.6) is 0 Å². The molecule has 3 aromatic rings. The number of H-pyrrole nitrogens is 1. The smallest absolute Gasteiger partial charge is 0.417 e. The van der Waals surface area contributed by atoms with Crippen molar-refractivity contribution in [1.29, 1.82) is 0 Å². The van der Waals surface area contributed by atoms with Crippen LogP contribution in [0.15, 0.2) is 50.4 Å². The number of furan rings is 1. The fraction of sp³-hybridized carbons (Fsp3) is 0.278. The number of aromatic nitrogens is 1. The van der Waals surface area contributed by atoms with Gasteiger partial charge in [-0.15, -0.1) is 0 Å². The molecule has 0 bridgehead atoms. The third-order valence-electron chi connectivity index (χ3n) is 4.61. The van der Waals surface area contributed by atoms with Gasteiger partial charge in [-0.05, 0) is 37.1 Å². The highest BCUT2D eigenvalue weighted by Gasteiger charge is 2.28. The maximum Gasteiger partial charge on any atom is 0.417 e. The Balaban J connectivity index is 1.37. The Bertz CT molecular complexity index is 993. The molecule has 8 nitrogen and oxygen atoms in total.